The molecule has 7 nitrogen and oxygen atoms in total. The van der Waals surface area contributed by atoms with Crippen LogP contribution in [-0.2, 0) is 4.74 Å². The van der Waals surface area contributed by atoms with Gasteiger partial charge >= 0.3 is 5.69 Å². The summed E-state index contributed by atoms with van der Waals surface area (Å²) in [6, 6.07) is 1.44. The number of hydrogen-bond acceptors (Lipinski definition) is 6. The maximum Gasteiger partial charge on any atom is 0.351 e. The van der Waals surface area contributed by atoms with Gasteiger partial charge in [0.2, 0.25) is 0 Å². The smallest absolute Gasteiger partial charge is 0.351 e. The molecular formula is C10H14ClN3O4. The van der Waals surface area contributed by atoms with Gasteiger partial charge in [-0.15, -0.1) is 12.4 Å². The van der Waals surface area contributed by atoms with Gasteiger partial charge in [-0.1, -0.05) is 6.58 Å². The SMILES string of the molecule is C=C1[C@H](n2ccc(N)nc2=O)O[C@H](CO)[C@H]1O.Cl. The lowest BCUT2D eigenvalue weighted by Gasteiger charge is -2.14. The Morgan fingerprint density at radius 2 is 2.28 bits per heavy atom. The number of aliphatic hydroxyl groups is 2. The monoisotopic (exact) mass is 275 g/mol. The van der Waals surface area contributed by atoms with Crippen LogP contribution in [-0.4, -0.2) is 38.6 Å². The highest BCUT2D eigenvalue weighted by Crippen LogP contribution is 2.31. The van der Waals surface area contributed by atoms with Gasteiger partial charge in [0, 0.05) is 11.8 Å². The third-order valence-corrected chi connectivity index (χ3v) is 2.64. The molecule has 0 bridgehead atoms. The third kappa shape index (κ3) is 2.39. The molecule has 1 aromatic rings. The normalized spacial score (nSPS) is 27.0. The van der Waals surface area contributed by atoms with Crippen LogP contribution >= 0.6 is 12.4 Å². The minimum atomic E-state index is -1.01. The van der Waals surface area contributed by atoms with E-state index >= 15 is 0 Å². The second kappa shape index (κ2) is 5.49. The summed E-state index contributed by atoms with van der Waals surface area (Å²) in [7, 11) is 0. The van der Waals surface area contributed by atoms with Crippen molar-refractivity contribution in [1.82, 2.24) is 9.55 Å². The van der Waals surface area contributed by atoms with E-state index in [1.54, 1.807) is 0 Å². The Hall–Kier alpha value is -1.41. The molecule has 18 heavy (non-hydrogen) atoms. The molecule has 4 N–H and O–H groups in total. The predicted octanol–water partition coefficient (Wildman–Crippen LogP) is -0.946. The van der Waals surface area contributed by atoms with E-state index in [9.17, 15) is 9.90 Å². The van der Waals surface area contributed by atoms with Crippen LogP contribution in [0.4, 0.5) is 5.82 Å². The molecule has 2 heterocycles. The lowest BCUT2D eigenvalue weighted by molar-refractivity contribution is -0.0447. The molecule has 0 amide bonds. The standard InChI is InChI=1S/C10H13N3O4.ClH/c1-5-8(15)6(4-14)17-9(5)13-3-2-7(11)12-10(13)16;/h2-3,6,8-9,14-15H,1,4H2,(H2,11,12,16);1H/t6-,8+,9-;/m1./s1. The second-order valence-corrected chi connectivity index (χ2v) is 3.77. The van der Waals surface area contributed by atoms with Crippen molar-refractivity contribution in [3.05, 3.63) is 34.9 Å². The molecule has 3 atom stereocenters. The number of nitrogens with zero attached hydrogens (tertiary/aromatic N) is 2. The molecule has 0 radical (unpaired) electrons. The zero-order valence-corrected chi connectivity index (χ0v) is 10.2. The molecule has 1 aliphatic heterocycles. The molecule has 0 unspecified atom stereocenters. The molecule has 0 saturated carbocycles. The fraction of sp³-hybridized carbons (Fsp3) is 0.400. The summed E-state index contributed by atoms with van der Waals surface area (Å²) in [5.74, 6) is 0.106. The van der Waals surface area contributed by atoms with E-state index in [1.165, 1.54) is 12.3 Å². The summed E-state index contributed by atoms with van der Waals surface area (Å²) in [5.41, 5.74) is 5.07. The van der Waals surface area contributed by atoms with Crippen molar-refractivity contribution in [2.45, 2.75) is 18.4 Å². The van der Waals surface area contributed by atoms with Crippen LogP contribution in [0, 0.1) is 0 Å². The van der Waals surface area contributed by atoms with Crippen LogP contribution < -0.4 is 11.4 Å². The molecule has 1 saturated heterocycles. The van der Waals surface area contributed by atoms with Crippen LogP contribution in [0.2, 0.25) is 0 Å². The number of hydrogen-bond donors (Lipinski definition) is 3. The molecule has 100 valence electrons. The van der Waals surface area contributed by atoms with Crippen LogP contribution in [0.3, 0.4) is 0 Å². The summed E-state index contributed by atoms with van der Waals surface area (Å²) in [6.07, 6.45) is -1.21. The molecule has 1 fully saturated rings. The van der Waals surface area contributed by atoms with E-state index in [-0.39, 0.29) is 24.8 Å². The molecule has 0 aromatic carbocycles. The van der Waals surface area contributed by atoms with Crippen molar-refractivity contribution in [3.8, 4) is 0 Å². The van der Waals surface area contributed by atoms with Crippen molar-refractivity contribution in [1.29, 1.82) is 0 Å². The lowest BCUT2D eigenvalue weighted by atomic mass is 10.1. The first kappa shape index (κ1) is 14.7. The minimum absolute atomic E-state index is 0. The fourth-order valence-electron chi connectivity index (χ4n) is 1.70. The first-order valence-electron chi connectivity index (χ1n) is 5.02. The van der Waals surface area contributed by atoms with Crippen molar-refractivity contribution in [3.63, 3.8) is 0 Å². The summed E-state index contributed by atoms with van der Waals surface area (Å²) in [4.78, 5) is 15.1. The van der Waals surface area contributed by atoms with Crippen LogP contribution in [0.15, 0.2) is 29.2 Å². The van der Waals surface area contributed by atoms with E-state index in [2.05, 4.69) is 11.6 Å². The highest BCUT2D eigenvalue weighted by atomic mass is 35.5. The number of rotatable bonds is 2. The van der Waals surface area contributed by atoms with E-state index in [1.807, 2.05) is 0 Å². The molecule has 0 aliphatic carbocycles. The average molecular weight is 276 g/mol. The Balaban J connectivity index is 0.00000162. The Kier molecular flexibility index (Phi) is 4.47. The van der Waals surface area contributed by atoms with E-state index in [0.717, 1.165) is 4.57 Å². The summed E-state index contributed by atoms with van der Waals surface area (Å²) < 4.78 is 6.49. The maximum absolute atomic E-state index is 11.6. The Labute approximate surface area is 109 Å². The van der Waals surface area contributed by atoms with Crippen molar-refractivity contribution in [2.75, 3.05) is 12.3 Å². The predicted molar refractivity (Wildman–Crippen MR) is 66.3 cm³/mol. The summed E-state index contributed by atoms with van der Waals surface area (Å²) in [5, 5.41) is 18.7. The third-order valence-electron chi connectivity index (χ3n) is 2.64. The van der Waals surface area contributed by atoms with Crippen LogP contribution in [0.5, 0.6) is 0 Å². The number of nitrogen functional groups attached to an aromatic ring is 1. The van der Waals surface area contributed by atoms with E-state index < -0.39 is 24.1 Å². The van der Waals surface area contributed by atoms with Crippen LogP contribution in [0.25, 0.3) is 0 Å². The first-order valence-corrected chi connectivity index (χ1v) is 5.02. The Bertz CT molecular complexity index is 504. The van der Waals surface area contributed by atoms with Gasteiger partial charge in [-0.25, -0.2) is 4.79 Å². The zero-order chi connectivity index (χ0) is 12.6. The van der Waals surface area contributed by atoms with Crippen LogP contribution in [0.1, 0.15) is 6.23 Å². The summed E-state index contributed by atoms with van der Waals surface area (Å²) >= 11 is 0. The first-order chi connectivity index (χ1) is 8.04. The fourth-order valence-corrected chi connectivity index (χ4v) is 1.70. The van der Waals surface area contributed by atoms with E-state index in [4.69, 9.17) is 15.6 Å². The number of halogens is 1. The second-order valence-electron chi connectivity index (χ2n) is 3.77. The Morgan fingerprint density at radius 3 is 2.78 bits per heavy atom. The highest BCUT2D eigenvalue weighted by molar-refractivity contribution is 5.85. The van der Waals surface area contributed by atoms with Gasteiger partial charge in [-0.3, -0.25) is 4.57 Å². The number of ether oxygens (including phenoxy) is 1. The highest BCUT2D eigenvalue weighted by Gasteiger charge is 2.38. The van der Waals surface area contributed by atoms with Gasteiger partial charge in [0.1, 0.15) is 18.0 Å². The molecule has 8 heteroatoms. The molecular weight excluding hydrogens is 262 g/mol. The van der Waals surface area contributed by atoms with Gasteiger partial charge in [0.05, 0.1) is 6.61 Å². The molecule has 0 spiro atoms. The van der Waals surface area contributed by atoms with Crippen molar-refractivity contribution < 1.29 is 14.9 Å². The number of aliphatic hydroxyl groups excluding tert-OH is 2. The van der Waals surface area contributed by atoms with Gasteiger partial charge < -0.3 is 20.7 Å². The number of anilines is 1. The van der Waals surface area contributed by atoms with Gasteiger partial charge in [0.25, 0.3) is 0 Å². The van der Waals surface area contributed by atoms with Gasteiger partial charge in [-0.05, 0) is 6.07 Å². The largest absolute Gasteiger partial charge is 0.394 e. The lowest BCUT2D eigenvalue weighted by Crippen LogP contribution is -2.28. The number of nitrogens with two attached hydrogens (primary N) is 1. The molecule has 1 aliphatic rings. The van der Waals surface area contributed by atoms with Crippen molar-refractivity contribution >= 4 is 18.2 Å². The maximum atomic E-state index is 11.6. The van der Waals surface area contributed by atoms with E-state index in [0.29, 0.717) is 5.57 Å². The zero-order valence-electron chi connectivity index (χ0n) is 9.39. The Morgan fingerprint density at radius 1 is 1.61 bits per heavy atom. The molecule has 1 aromatic heterocycles. The van der Waals surface area contributed by atoms with Gasteiger partial charge in [-0.2, -0.15) is 4.98 Å². The van der Waals surface area contributed by atoms with Gasteiger partial charge in [0.15, 0.2) is 6.23 Å². The topological polar surface area (TPSA) is 111 Å². The molecule has 2 rings (SSSR count). The van der Waals surface area contributed by atoms with Crippen molar-refractivity contribution in [2.24, 2.45) is 0 Å². The summed E-state index contributed by atoms with van der Waals surface area (Å²) in [6.45, 7) is 3.30. The quantitative estimate of drug-likeness (QED) is 0.601. The minimum Gasteiger partial charge on any atom is -0.394 e. The number of aromatic nitrogens is 2. The average Bonchev–Trinajstić information content (AvgIpc) is 2.57.